The first-order valence-electron chi connectivity index (χ1n) is 5.83. The minimum absolute atomic E-state index is 0.861. The first-order valence-corrected chi connectivity index (χ1v) is 6.62. The average molecular weight is 309 g/mol. The molecule has 0 aromatic carbocycles. The number of aromatic nitrogens is 3. The van der Waals surface area contributed by atoms with Gasteiger partial charge in [-0.15, -0.1) is 0 Å². The van der Waals surface area contributed by atoms with Crippen LogP contribution in [0.25, 0.3) is 0 Å². The molecule has 0 aliphatic carbocycles. The van der Waals surface area contributed by atoms with Gasteiger partial charge >= 0.3 is 0 Å². The van der Waals surface area contributed by atoms with E-state index in [0.717, 1.165) is 23.3 Å². The molecule has 96 valence electrons. The van der Waals surface area contributed by atoms with Crippen LogP contribution in [-0.2, 0) is 20.1 Å². The quantitative estimate of drug-likeness (QED) is 0.870. The number of hydrogen-bond donors (Lipinski definition) is 0. The van der Waals surface area contributed by atoms with E-state index in [-0.39, 0.29) is 0 Å². The zero-order valence-electron chi connectivity index (χ0n) is 10.9. The van der Waals surface area contributed by atoms with Gasteiger partial charge in [0.25, 0.3) is 0 Å². The van der Waals surface area contributed by atoms with E-state index < -0.39 is 0 Å². The molecular weight excluding hydrogens is 292 g/mol. The number of rotatable bonds is 4. The molecule has 0 saturated carbocycles. The van der Waals surface area contributed by atoms with Crippen molar-refractivity contribution in [3.8, 4) is 0 Å². The van der Waals surface area contributed by atoms with Crippen LogP contribution in [0.15, 0.2) is 29.0 Å². The van der Waals surface area contributed by atoms with Crippen molar-refractivity contribution in [1.82, 2.24) is 19.7 Å². The van der Waals surface area contributed by atoms with Crippen molar-refractivity contribution in [2.45, 2.75) is 20.0 Å². The summed E-state index contributed by atoms with van der Waals surface area (Å²) in [7, 11) is 4.09. The van der Waals surface area contributed by atoms with Crippen LogP contribution in [0.3, 0.4) is 0 Å². The Kier molecular flexibility index (Phi) is 4.14. The summed E-state index contributed by atoms with van der Waals surface area (Å²) in [4.78, 5) is 6.29. The molecule has 2 heterocycles. The highest BCUT2D eigenvalue weighted by Crippen LogP contribution is 2.21. The molecule has 0 atom stereocenters. The lowest BCUT2D eigenvalue weighted by Gasteiger charge is -2.17. The third-order valence-electron chi connectivity index (χ3n) is 2.88. The molecule has 5 heteroatoms. The maximum absolute atomic E-state index is 4.40. The molecule has 0 amide bonds. The first-order chi connectivity index (χ1) is 8.58. The summed E-state index contributed by atoms with van der Waals surface area (Å²) in [5.41, 5.74) is 3.50. The SMILES string of the molecule is Cc1nn(C)c(CN(C)Cc2ccncc2)c1Br. The van der Waals surface area contributed by atoms with Gasteiger partial charge in [0.1, 0.15) is 0 Å². The standard InChI is InChI=1S/C13H17BrN4/c1-10-13(14)12(18(3)16-10)9-17(2)8-11-4-6-15-7-5-11/h4-7H,8-9H2,1-3H3. The van der Waals surface area contributed by atoms with Gasteiger partial charge in [-0.25, -0.2) is 0 Å². The maximum Gasteiger partial charge on any atom is 0.0739 e. The molecule has 2 rings (SSSR count). The van der Waals surface area contributed by atoms with Gasteiger partial charge in [-0.1, -0.05) is 0 Å². The van der Waals surface area contributed by atoms with Gasteiger partial charge in [0.05, 0.1) is 15.9 Å². The van der Waals surface area contributed by atoms with Crippen LogP contribution in [0, 0.1) is 6.92 Å². The fourth-order valence-electron chi connectivity index (χ4n) is 1.96. The first kappa shape index (κ1) is 13.2. The molecule has 0 fully saturated rings. The monoisotopic (exact) mass is 308 g/mol. The van der Waals surface area contributed by atoms with Gasteiger partial charge in [0.15, 0.2) is 0 Å². The Morgan fingerprint density at radius 1 is 1.28 bits per heavy atom. The van der Waals surface area contributed by atoms with E-state index in [1.54, 1.807) is 0 Å². The topological polar surface area (TPSA) is 34.0 Å². The van der Waals surface area contributed by atoms with E-state index >= 15 is 0 Å². The van der Waals surface area contributed by atoms with Gasteiger partial charge < -0.3 is 0 Å². The van der Waals surface area contributed by atoms with Gasteiger partial charge in [-0.05, 0) is 47.6 Å². The van der Waals surface area contributed by atoms with E-state index in [9.17, 15) is 0 Å². The minimum atomic E-state index is 0.861. The van der Waals surface area contributed by atoms with Crippen molar-refractivity contribution >= 4 is 15.9 Å². The normalized spacial score (nSPS) is 11.2. The molecular formula is C13H17BrN4. The van der Waals surface area contributed by atoms with Crippen molar-refractivity contribution in [2.75, 3.05) is 7.05 Å². The second kappa shape index (κ2) is 5.63. The van der Waals surface area contributed by atoms with Crippen LogP contribution in [0.4, 0.5) is 0 Å². The Hall–Kier alpha value is -1.20. The molecule has 2 aromatic heterocycles. The summed E-state index contributed by atoms with van der Waals surface area (Å²) in [6, 6.07) is 4.08. The Bertz CT molecular complexity index is 521. The molecule has 2 aromatic rings. The van der Waals surface area contributed by atoms with Crippen LogP contribution in [0.5, 0.6) is 0 Å². The second-order valence-electron chi connectivity index (χ2n) is 4.50. The summed E-state index contributed by atoms with van der Waals surface area (Å²) in [5.74, 6) is 0. The zero-order chi connectivity index (χ0) is 13.1. The highest BCUT2D eigenvalue weighted by Gasteiger charge is 2.12. The molecule has 0 spiro atoms. The van der Waals surface area contributed by atoms with Crippen LogP contribution in [-0.4, -0.2) is 26.7 Å². The van der Waals surface area contributed by atoms with Crippen LogP contribution < -0.4 is 0 Å². The summed E-state index contributed by atoms with van der Waals surface area (Å²) in [6.45, 7) is 3.77. The fourth-order valence-corrected chi connectivity index (χ4v) is 2.42. The molecule has 4 nitrogen and oxygen atoms in total. The van der Waals surface area contributed by atoms with E-state index in [4.69, 9.17) is 0 Å². The van der Waals surface area contributed by atoms with Gasteiger partial charge in [-0.2, -0.15) is 5.10 Å². The van der Waals surface area contributed by atoms with E-state index in [0.29, 0.717) is 0 Å². The number of halogens is 1. The van der Waals surface area contributed by atoms with Crippen LogP contribution >= 0.6 is 15.9 Å². The van der Waals surface area contributed by atoms with Crippen molar-refractivity contribution in [2.24, 2.45) is 7.05 Å². The third kappa shape index (κ3) is 2.97. The van der Waals surface area contributed by atoms with Crippen LogP contribution in [0.2, 0.25) is 0 Å². The van der Waals surface area contributed by atoms with Crippen molar-refractivity contribution in [3.05, 3.63) is 46.0 Å². The molecule has 0 aliphatic rings. The van der Waals surface area contributed by atoms with Crippen LogP contribution in [0.1, 0.15) is 17.0 Å². The zero-order valence-corrected chi connectivity index (χ0v) is 12.5. The second-order valence-corrected chi connectivity index (χ2v) is 5.29. The predicted octanol–water partition coefficient (Wildman–Crippen LogP) is 2.52. The smallest absolute Gasteiger partial charge is 0.0739 e. The van der Waals surface area contributed by atoms with Gasteiger partial charge in [0, 0.05) is 32.5 Å². The highest BCUT2D eigenvalue weighted by molar-refractivity contribution is 9.10. The van der Waals surface area contributed by atoms with Gasteiger partial charge in [-0.3, -0.25) is 14.6 Å². The lowest BCUT2D eigenvalue weighted by Crippen LogP contribution is -2.19. The lowest BCUT2D eigenvalue weighted by atomic mass is 10.2. The average Bonchev–Trinajstić information content (AvgIpc) is 2.57. The van der Waals surface area contributed by atoms with Gasteiger partial charge in [0.2, 0.25) is 0 Å². The third-order valence-corrected chi connectivity index (χ3v) is 3.91. The molecule has 0 N–H and O–H groups in total. The molecule has 0 aliphatic heterocycles. The summed E-state index contributed by atoms with van der Waals surface area (Å²) >= 11 is 3.59. The molecule has 0 radical (unpaired) electrons. The van der Waals surface area contributed by atoms with Crippen molar-refractivity contribution in [3.63, 3.8) is 0 Å². The predicted molar refractivity (Wildman–Crippen MR) is 75.1 cm³/mol. The Morgan fingerprint density at radius 3 is 2.50 bits per heavy atom. The van der Waals surface area contributed by atoms with Crippen molar-refractivity contribution in [1.29, 1.82) is 0 Å². The number of aryl methyl sites for hydroxylation is 2. The lowest BCUT2D eigenvalue weighted by molar-refractivity contribution is 0.309. The van der Waals surface area contributed by atoms with E-state index in [2.05, 4.69) is 38.0 Å². The Balaban J connectivity index is 2.05. The minimum Gasteiger partial charge on any atom is -0.296 e. The van der Waals surface area contributed by atoms with Crippen molar-refractivity contribution < 1.29 is 0 Å². The fraction of sp³-hybridized carbons (Fsp3) is 0.385. The highest BCUT2D eigenvalue weighted by atomic mass is 79.9. The van der Waals surface area contributed by atoms with E-state index in [1.807, 2.05) is 43.2 Å². The van der Waals surface area contributed by atoms with E-state index in [1.165, 1.54) is 11.3 Å². The molecule has 0 unspecified atom stereocenters. The Labute approximate surface area is 116 Å². The maximum atomic E-state index is 4.40. The Morgan fingerprint density at radius 2 is 1.94 bits per heavy atom. The summed E-state index contributed by atoms with van der Waals surface area (Å²) in [6.07, 6.45) is 3.65. The molecule has 18 heavy (non-hydrogen) atoms. The largest absolute Gasteiger partial charge is 0.296 e. The number of nitrogens with zero attached hydrogens (tertiary/aromatic N) is 4. The number of pyridine rings is 1. The number of hydrogen-bond acceptors (Lipinski definition) is 3. The summed E-state index contributed by atoms with van der Waals surface area (Å²) < 4.78 is 3.04. The molecule has 0 bridgehead atoms. The summed E-state index contributed by atoms with van der Waals surface area (Å²) in [5, 5.41) is 4.40. The molecule has 0 saturated heterocycles.